The average Bonchev–Trinajstić information content (AvgIpc) is 3.25. The van der Waals surface area contributed by atoms with Gasteiger partial charge in [0.1, 0.15) is 5.82 Å². The number of carbonyl (C=O) groups excluding carboxylic acids is 1. The SMILES string of the molecule is O=C(CN1CCCC(c2nc(-c3cccc(F)c3)no2)C1)NCCC1=CCCCC1. The van der Waals surface area contributed by atoms with Crippen LogP contribution in [0.4, 0.5) is 4.39 Å². The van der Waals surface area contributed by atoms with Gasteiger partial charge < -0.3 is 9.84 Å². The van der Waals surface area contributed by atoms with Crippen molar-refractivity contribution in [2.24, 2.45) is 0 Å². The van der Waals surface area contributed by atoms with Gasteiger partial charge in [-0.1, -0.05) is 28.9 Å². The van der Waals surface area contributed by atoms with Gasteiger partial charge in [-0.15, -0.1) is 0 Å². The molecule has 1 N–H and O–H groups in total. The molecule has 1 amide bonds. The molecule has 1 saturated heterocycles. The molecule has 0 bridgehead atoms. The fourth-order valence-electron chi connectivity index (χ4n) is 4.30. The largest absolute Gasteiger partial charge is 0.355 e. The van der Waals surface area contributed by atoms with Crippen molar-refractivity contribution in [3.63, 3.8) is 0 Å². The summed E-state index contributed by atoms with van der Waals surface area (Å²) in [5, 5.41) is 7.07. The number of nitrogens with one attached hydrogen (secondary N) is 1. The van der Waals surface area contributed by atoms with Crippen molar-refractivity contribution in [2.45, 2.75) is 50.9 Å². The molecule has 30 heavy (non-hydrogen) atoms. The van der Waals surface area contributed by atoms with Gasteiger partial charge in [-0.2, -0.15) is 4.98 Å². The van der Waals surface area contributed by atoms with Gasteiger partial charge in [0.2, 0.25) is 17.6 Å². The summed E-state index contributed by atoms with van der Waals surface area (Å²) in [4.78, 5) is 19.0. The summed E-state index contributed by atoms with van der Waals surface area (Å²) < 4.78 is 18.9. The molecule has 4 rings (SSSR count). The minimum atomic E-state index is -0.325. The first-order valence-corrected chi connectivity index (χ1v) is 10.9. The number of amides is 1. The van der Waals surface area contributed by atoms with E-state index in [1.54, 1.807) is 12.1 Å². The molecule has 2 aliphatic rings. The normalized spacial score (nSPS) is 20.0. The summed E-state index contributed by atoms with van der Waals surface area (Å²) >= 11 is 0. The molecule has 7 heteroatoms. The number of hydrogen-bond donors (Lipinski definition) is 1. The zero-order valence-corrected chi connectivity index (χ0v) is 17.3. The topological polar surface area (TPSA) is 71.3 Å². The van der Waals surface area contributed by atoms with Gasteiger partial charge >= 0.3 is 0 Å². The predicted octanol–water partition coefficient (Wildman–Crippen LogP) is 4.06. The first-order valence-electron chi connectivity index (χ1n) is 10.9. The van der Waals surface area contributed by atoms with Crippen LogP contribution in [0.15, 0.2) is 40.4 Å². The van der Waals surface area contributed by atoms with E-state index in [4.69, 9.17) is 4.52 Å². The van der Waals surface area contributed by atoms with E-state index in [0.717, 1.165) is 25.8 Å². The van der Waals surface area contributed by atoms with Crippen LogP contribution in [0.1, 0.15) is 56.8 Å². The summed E-state index contributed by atoms with van der Waals surface area (Å²) in [6.07, 6.45) is 10.1. The number of hydrogen-bond acceptors (Lipinski definition) is 5. The molecule has 0 saturated carbocycles. The van der Waals surface area contributed by atoms with Crippen molar-refractivity contribution < 1.29 is 13.7 Å². The fourth-order valence-corrected chi connectivity index (χ4v) is 4.30. The zero-order valence-electron chi connectivity index (χ0n) is 17.3. The number of halogens is 1. The van der Waals surface area contributed by atoms with E-state index in [1.165, 1.54) is 43.4 Å². The number of rotatable bonds is 7. The van der Waals surface area contributed by atoms with E-state index in [0.29, 0.717) is 36.9 Å². The van der Waals surface area contributed by atoms with Gasteiger partial charge in [0.15, 0.2) is 0 Å². The molecule has 2 heterocycles. The van der Waals surface area contributed by atoms with Crippen molar-refractivity contribution in [3.8, 4) is 11.4 Å². The van der Waals surface area contributed by atoms with Crippen molar-refractivity contribution >= 4 is 5.91 Å². The Labute approximate surface area is 176 Å². The average molecular weight is 413 g/mol. The van der Waals surface area contributed by atoms with E-state index in [9.17, 15) is 9.18 Å². The highest BCUT2D eigenvalue weighted by Gasteiger charge is 2.27. The van der Waals surface area contributed by atoms with E-state index in [1.807, 2.05) is 0 Å². The maximum Gasteiger partial charge on any atom is 0.234 e. The van der Waals surface area contributed by atoms with E-state index in [-0.39, 0.29) is 17.6 Å². The van der Waals surface area contributed by atoms with Crippen LogP contribution in [0.25, 0.3) is 11.4 Å². The fraction of sp³-hybridized carbons (Fsp3) is 0.522. The molecule has 6 nitrogen and oxygen atoms in total. The standard InChI is InChI=1S/C23H29FN4O2/c24-20-10-4-8-18(14-20)22-26-23(30-27-22)19-9-5-13-28(15-19)16-21(29)25-12-11-17-6-2-1-3-7-17/h4,6,8,10,14,19H,1-3,5,7,9,11-13,15-16H2,(H,25,29). The van der Waals surface area contributed by atoms with Crippen LogP contribution >= 0.6 is 0 Å². The Morgan fingerprint density at radius 2 is 2.23 bits per heavy atom. The van der Waals surface area contributed by atoms with Crippen molar-refractivity contribution in [3.05, 3.63) is 47.6 Å². The second-order valence-corrected chi connectivity index (χ2v) is 8.25. The van der Waals surface area contributed by atoms with Crippen LogP contribution in [0.3, 0.4) is 0 Å². The molecule has 1 aromatic heterocycles. The van der Waals surface area contributed by atoms with Gasteiger partial charge in [-0.3, -0.25) is 9.69 Å². The number of carbonyl (C=O) groups is 1. The second kappa shape index (κ2) is 9.98. The van der Waals surface area contributed by atoms with Crippen LogP contribution in [-0.4, -0.2) is 47.1 Å². The number of likely N-dealkylation sites (tertiary alicyclic amines) is 1. The van der Waals surface area contributed by atoms with Crippen LogP contribution in [0, 0.1) is 5.82 Å². The summed E-state index contributed by atoms with van der Waals surface area (Å²) in [5.41, 5.74) is 2.08. The van der Waals surface area contributed by atoms with Crippen LogP contribution in [-0.2, 0) is 4.79 Å². The molecule has 2 aromatic rings. The van der Waals surface area contributed by atoms with Crippen LogP contribution in [0.2, 0.25) is 0 Å². The molecular weight excluding hydrogens is 383 g/mol. The molecular formula is C23H29FN4O2. The molecule has 1 aliphatic carbocycles. The Bertz CT molecular complexity index is 895. The smallest absolute Gasteiger partial charge is 0.234 e. The lowest BCUT2D eigenvalue weighted by Gasteiger charge is -2.30. The second-order valence-electron chi connectivity index (χ2n) is 8.25. The Morgan fingerprint density at radius 3 is 3.07 bits per heavy atom. The summed E-state index contributed by atoms with van der Waals surface area (Å²) in [7, 11) is 0. The maximum absolute atomic E-state index is 13.4. The molecule has 160 valence electrons. The quantitative estimate of drug-likeness (QED) is 0.695. The molecule has 1 atom stereocenters. The molecule has 1 aliphatic heterocycles. The zero-order chi connectivity index (χ0) is 20.8. The molecule has 0 radical (unpaired) electrons. The highest BCUT2D eigenvalue weighted by Crippen LogP contribution is 2.27. The number of benzene rings is 1. The summed E-state index contributed by atoms with van der Waals surface area (Å²) in [6.45, 7) is 2.70. The van der Waals surface area contributed by atoms with Gasteiger partial charge in [0, 0.05) is 18.7 Å². The van der Waals surface area contributed by atoms with E-state index in [2.05, 4.69) is 26.4 Å². The minimum absolute atomic E-state index is 0.0676. The van der Waals surface area contributed by atoms with E-state index < -0.39 is 0 Å². The Balaban J connectivity index is 1.27. The highest BCUT2D eigenvalue weighted by atomic mass is 19.1. The summed E-state index contributed by atoms with van der Waals surface area (Å²) in [6, 6.07) is 6.18. The molecule has 0 spiro atoms. The number of allylic oxidation sites excluding steroid dienone is 1. The first-order chi connectivity index (χ1) is 14.7. The Kier molecular flexibility index (Phi) is 6.89. The van der Waals surface area contributed by atoms with E-state index >= 15 is 0 Å². The Hall–Kier alpha value is -2.54. The molecule has 1 unspecified atom stereocenters. The molecule has 1 fully saturated rings. The monoisotopic (exact) mass is 412 g/mol. The van der Waals surface area contributed by atoms with Gasteiger partial charge in [-0.25, -0.2) is 4.39 Å². The lowest BCUT2D eigenvalue weighted by atomic mass is 9.97. The van der Waals surface area contributed by atoms with Crippen molar-refractivity contribution in [1.29, 1.82) is 0 Å². The third-order valence-corrected chi connectivity index (χ3v) is 5.90. The van der Waals surface area contributed by atoms with Crippen molar-refractivity contribution in [1.82, 2.24) is 20.4 Å². The van der Waals surface area contributed by atoms with Crippen LogP contribution < -0.4 is 5.32 Å². The van der Waals surface area contributed by atoms with Crippen LogP contribution in [0.5, 0.6) is 0 Å². The van der Waals surface area contributed by atoms with Gasteiger partial charge in [0.05, 0.1) is 12.5 Å². The number of piperidine rings is 1. The number of aromatic nitrogens is 2. The maximum atomic E-state index is 13.4. The lowest BCUT2D eigenvalue weighted by molar-refractivity contribution is -0.122. The third kappa shape index (κ3) is 5.53. The lowest BCUT2D eigenvalue weighted by Crippen LogP contribution is -2.42. The minimum Gasteiger partial charge on any atom is -0.355 e. The first kappa shape index (κ1) is 20.7. The van der Waals surface area contributed by atoms with Gasteiger partial charge in [0.25, 0.3) is 0 Å². The molecule has 1 aromatic carbocycles. The van der Waals surface area contributed by atoms with Gasteiger partial charge in [-0.05, 0) is 63.6 Å². The summed E-state index contributed by atoms with van der Waals surface area (Å²) in [5.74, 6) is 0.792. The predicted molar refractivity (Wildman–Crippen MR) is 112 cm³/mol. The number of nitrogens with zero attached hydrogens (tertiary/aromatic N) is 3. The third-order valence-electron chi connectivity index (χ3n) is 5.90. The Morgan fingerprint density at radius 1 is 1.30 bits per heavy atom. The highest BCUT2D eigenvalue weighted by molar-refractivity contribution is 5.78. The van der Waals surface area contributed by atoms with Crippen molar-refractivity contribution in [2.75, 3.05) is 26.2 Å².